The van der Waals surface area contributed by atoms with E-state index < -0.39 is 22.1 Å². The zero-order valence-electron chi connectivity index (χ0n) is 15.7. The van der Waals surface area contributed by atoms with Gasteiger partial charge in [-0.05, 0) is 35.7 Å². The maximum Gasteiger partial charge on any atom is 0.282 e. The van der Waals surface area contributed by atoms with Gasteiger partial charge < -0.3 is 4.90 Å². The maximum atomic E-state index is 13.6. The van der Waals surface area contributed by atoms with Crippen molar-refractivity contribution in [2.75, 3.05) is 23.8 Å². The van der Waals surface area contributed by atoms with Crippen LogP contribution < -0.4 is 9.73 Å². The fraction of sp³-hybridized carbons (Fsp3) is 0.150. The number of nitrogens with zero attached hydrogens (tertiary/aromatic N) is 3. The molecular formula is C20H18F2N4O2S. The third-order valence-electron chi connectivity index (χ3n) is 4.65. The van der Waals surface area contributed by atoms with E-state index in [1.807, 2.05) is 31.1 Å². The van der Waals surface area contributed by atoms with Crippen molar-refractivity contribution in [3.63, 3.8) is 0 Å². The van der Waals surface area contributed by atoms with Crippen molar-refractivity contribution in [1.82, 2.24) is 9.89 Å². The summed E-state index contributed by atoms with van der Waals surface area (Å²) in [6.07, 6.45) is -2.85. The average molecular weight is 416 g/mol. The quantitative estimate of drug-likeness (QED) is 0.531. The Morgan fingerprint density at radius 3 is 2.34 bits per heavy atom. The monoisotopic (exact) mass is 416 g/mol. The lowest BCUT2D eigenvalue weighted by atomic mass is 10.1. The molecule has 150 valence electrons. The predicted molar refractivity (Wildman–Crippen MR) is 110 cm³/mol. The molecule has 0 aliphatic heterocycles. The van der Waals surface area contributed by atoms with Crippen LogP contribution in [0.25, 0.3) is 21.7 Å². The first-order valence-corrected chi connectivity index (χ1v) is 10.2. The number of alkyl halides is 2. The second-order valence-corrected chi connectivity index (χ2v) is 8.43. The minimum Gasteiger partial charge on any atom is -0.378 e. The van der Waals surface area contributed by atoms with Gasteiger partial charge in [-0.25, -0.2) is 8.78 Å². The molecule has 0 aliphatic rings. The third-order valence-corrected chi connectivity index (χ3v) is 5.96. The van der Waals surface area contributed by atoms with E-state index in [1.54, 1.807) is 36.4 Å². The highest BCUT2D eigenvalue weighted by atomic mass is 32.2. The van der Waals surface area contributed by atoms with Crippen molar-refractivity contribution >= 4 is 37.4 Å². The van der Waals surface area contributed by atoms with Gasteiger partial charge in [-0.15, -0.1) is 5.10 Å². The molecule has 0 aliphatic carbocycles. The number of benzene rings is 3. The lowest BCUT2D eigenvalue weighted by Gasteiger charge is -2.14. The Morgan fingerprint density at radius 2 is 1.69 bits per heavy atom. The van der Waals surface area contributed by atoms with Gasteiger partial charge in [0.25, 0.3) is 16.4 Å². The van der Waals surface area contributed by atoms with Crippen LogP contribution in [0.3, 0.4) is 0 Å². The summed E-state index contributed by atoms with van der Waals surface area (Å²) >= 11 is 0. The standard InChI is InChI=1S/C20H18F2N4O2S/c1-25(2)14-9-11-16-13(12-14)8-10-17-18(20(21)22)23-26(19(16)17)24-29(27,28)15-6-4-3-5-7-15/h3-12,20,24H,1-2H3. The Kier molecular flexibility index (Phi) is 4.62. The summed E-state index contributed by atoms with van der Waals surface area (Å²) in [6, 6.07) is 16.5. The molecule has 1 N–H and O–H groups in total. The number of halogens is 2. The van der Waals surface area contributed by atoms with E-state index in [9.17, 15) is 17.2 Å². The maximum absolute atomic E-state index is 13.6. The number of sulfonamides is 1. The molecule has 0 atom stereocenters. The summed E-state index contributed by atoms with van der Waals surface area (Å²) in [5.74, 6) is 0. The van der Waals surface area contributed by atoms with Gasteiger partial charge in [-0.2, -0.15) is 18.0 Å². The van der Waals surface area contributed by atoms with Crippen molar-refractivity contribution in [3.05, 3.63) is 66.4 Å². The fourth-order valence-corrected chi connectivity index (χ4v) is 4.20. The Balaban J connectivity index is 1.95. The number of fused-ring (bicyclic) bond motifs is 3. The first-order valence-electron chi connectivity index (χ1n) is 8.76. The van der Waals surface area contributed by atoms with E-state index >= 15 is 0 Å². The molecule has 3 aromatic carbocycles. The van der Waals surface area contributed by atoms with Crippen LogP contribution in [0.1, 0.15) is 12.1 Å². The van der Waals surface area contributed by atoms with Gasteiger partial charge in [0.05, 0.1) is 4.90 Å². The van der Waals surface area contributed by atoms with Crippen molar-refractivity contribution < 1.29 is 17.2 Å². The predicted octanol–water partition coefficient (Wildman–Crippen LogP) is 4.13. The van der Waals surface area contributed by atoms with E-state index in [0.29, 0.717) is 5.39 Å². The van der Waals surface area contributed by atoms with Gasteiger partial charge in [0, 0.05) is 30.6 Å². The van der Waals surface area contributed by atoms with Crippen LogP contribution >= 0.6 is 0 Å². The van der Waals surface area contributed by atoms with Crippen LogP contribution in [0, 0.1) is 0 Å². The minimum atomic E-state index is -4.01. The van der Waals surface area contributed by atoms with Crippen molar-refractivity contribution in [3.8, 4) is 0 Å². The van der Waals surface area contributed by atoms with Crippen LogP contribution in [-0.4, -0.2) is 32.4 Å². The molecule has 0 bridgehead atoms. The summed E-state index contributed by atoms with van der Waals surface area (Å²) in [4.78, 5) is 5.18. The summed E-state index contributed by atoms with van der Waals surface area (Å²) in [6.45, 7) is 0. The molecule has 0 radical (unpaired) electrons. The first-order chi connectivity index (χ1) is 13.8. The largest absolute Gasteiger partial charge is 0.378 e. The lowest BCUT2D eigenvalue weighted by molar-refractivity contribution is 0.147. The van der Waals surface area contributed by atoms with E-state index in [0.717, 1.165) is 15.9 Å². The van der Waals surface area contributed by atoms with Crippen LogP contribution in [0.2, 0.25) is 0 Å². The molecule has 6 nitrogen and oxygen atoms in total. The second kappa shape index (κ2) is 7.00. The fourth-order valence-electron chi connectivity index (χ4n) is 3.22. The van der Waals surface area contributed by atoms with E-state index in [1.165, 1.54) is 12.1 Å². The highest BCUT2D eigenvalue weighted by molar-refractivity contribution is 7.92. The molecular weight excluding hydrogens is 398 g/mol. The summed E-state index contributed by atoms with van der Waals surface area (Å²) < 4.78 is 52.6. The topological polar surface area (TPSA) is 67.2 Å². The molecule has 0 amide bonds. The van der Waals surface area contributed by atoms with E-state index in [2.05, 4.69) is 9.93 Å². The Morgan fingerprint density at radius 1 is 1.00 bits per heavy atom. The van der Waals surface area contributed by atoms with Gasteiger partial charge in [-0.1, -0.05) is 30.3 Å². The van der Waals surface area contributed by atoms with Crippen molar-refractivity contribution in [2.24, 2.45) is 0 Å². The minimum absolute atomic E-state index is 0.0115. The number of anilines is 1. The van der Waals surface area contributed by atoms with Crippen LogP contribution in [0.4, 0.5) is 14.5 Å². The second-order valence-electron chi connectivity index (χ2n) is 6.77. The normalized spacial score (nSPS) is 12.0. The third kappa shape index (κ3) is 3.38. The Hall–Kier alpha value is -3.20. The number of rotatable bonds is 5. The molecule has 0 spiro atoms. The summed E-state index contributed by atoms with van der Waals surface area (Å²) in [5.41, 5.74) is 0.735. The zero-order chi connectivity index (χ0) is 20.8. The Labute approximate surface area is 166 Å². The smallest absolute Gasteiger partial charge is 0.282 e. The summed E-state index contributed by atoms with van der Waals surface area (Å²) in [7, 11) is -0.219. The number of aromatic nitrogens is 2. The number of hydrogen-bond acceptors (Lipinski definition) is 4. The average Bonchev–Trinajstić information content (AvgIpc) is 3.06. The van der Waals surface area contributed by atoms with E-state index in [-0.39, 0.29) is 15.8 Å². The van der Waals surface area contributed by atoms with Gasteiger partial charge in [0.2, 0.25) is 0 Å². The number of nitrogens with one attached hydrogen (secondary N) is 1. The molecule has 0 saturated carbocycles. The molecule has 0 saturated heterocycles. The van der Waals surface area contributed by atoms with Crippen molar-refractivity contribution in [2.45, 2.75) is 11.3 Å². The van der Waals surface area contributed by atoms with E-state index in [4.69, 9.17) is 0 Å². The highest BCUT2D eigenvalue weighted by Crippen LogP contribution is 2.33. The SMILES string of the molecule is CN(C)c1ccc2c(ccc3c(C(F)F)nn(NS(=O)(=O)c4ccccc4)c32)c1. The van der Waals surface area contributed by atoms with Gasteiger partial charge in [-0.3, -0.25) is 0 Å². The lowest BCUT2D eigenvalue weighted by Crippen LogP contribution is -2.24. The summed E-state index contributed by atoms with van der Waals surface area (Å²) in [5, 5.41) is 5.46. The highest BCUT2D eigenvalue weighted by Gasteiger charge is 2.23. The Bertz CT molecular complexity index is 1300. The molecule has 0 unspecified atom stereocenters. The molecule has 4 rings (SSSR count). The molecule has 4 aromatic rings. The molecule has 1 heterocycles. The number of hydrogen-bond donors (Lipinski definition) is 1. The molecule has 29 heavy (non-hydrogen) atoms. The van der Waals surface area contributed by atoms with Crippen molar-refractivity contribution in [1.29, 1.82) is 0 Å². The van der Waals surface area contributed by atoms with Crippen LogP contribution in [-0.2, 0) is 10.0 Å². The van der Waals surface area contributed by atoms with Crippen LogP contribution in [0.15, 0.2) is 65.6 Å². The zero-order valence-corrected chi connectivity index (χ0v) is 16.5. The molecule has 9 heteroatoms. The molecule has 1 aromatic heterocycles. The van der Waals surface area contributed by atoms with Gasteiger partial charge in [0.1, 0.15) is 11.2 Å². The van der Waals surface area contributed by atoms with Gasteiger partial charge in [0.15, 0.2) is 0 Å². The first kappa shape index (κ1) is 19.1. The molecule has 0 fully saturated rings. The van der Waals surface area contributed by atoms with Gasteiger partial charge >= 0.3 is 0 Å². The van der Waals surface area contributed by atoms with Crippen LogP contribution in [0.5, 0.6) is 0 Å².